The lowest BCUT2D eigenvalue weighted by atomic mass is 10.1. The van der Waals surface area contributed by atoms with Crippen molar-refractivity contribution in [3.63, 3.8) is 0 Å². The van der Waals surface area contributed by atoms with Gasteiger partial charge in [-0.25, -0.2) is 0 Å². The maximum absolute atomic E-state index is 11.9. The van der Waals surface area contributed by atoms with E-state index in [2.05, 4.69) is 10.1 Å². The Kier molecular flexibility index (Phi) is 6.65. The first-order chi connectivity index (χ1) is 11.3. The Labute approximate surface area is 137 Å². The lowest BCUT2D eigenvalue weighted by molar-refractivity contribution is -0.384. The van der Waals surface area contributed by atoms with E-state index in [1.807, 2.05) is 0 Å². The average Bonchev–Trinajstić information content (AvgIpc) is 2.56. The number of carbonyl (C=O) groups is 3. The van der Waals surface area contributed by atoms with Crippen molar-refractivity contribution >= 4 is 29.2 Å². The second-order valence-electron chi connectivity index (χ2n) is 4.78. The van der Waals surface area contributed by atoms with Gasteiger partial charge >= 0.3 is 11.9 Å². The van der Waals surface area contributed by atoms with Crippen LogP contribution in [0.3, 0.4) is 0 Å². The maximum Gasteiger partial charge on any atom is 0.325 e. The Balaban J connectivity index is 2.98. The quantitative estimate of drug-likeness (QED) is 0.394. The number of hydrogen-bond donors (Lipinski definition) is 2. The number of anilines is 1. The topological polar surface area (TPSA) is 139 Å². The van der Waals surface area contributed by atoms with Crippen molar-refractivity contribution in [2.75, 3.05) is 32.1 Å². The summed E-state index contributed by atoms with van der Waals surface area (Å²) in [6.07, 6.45) is -0.185. The molecule has 24 heavy (non-hydrogen) atoms. The standard InChI is InChI=1S/C14H17N3O7/c1-16(6-5-12(18)19)10-4-3-9(7-11(10)17(22)23)14(21)15-8-13(20)24-2/h3-4,7H,5-6,8H2,1-2H3,(H,15,21)(H,18,19). The first-order valence-corrected chi connectivity index (χ1v) is 6.82. The number of ether oxygens (including phenoxy) is 1. The number of nitrogens with one attached hydrogen (secondary N) is 1. The van der Waals surface area contributed by atoms with Crippen molar-refractivity contribution in [1.82, 2.24) is 5.32 Å². The van der Waals surface area contributed by atoms with Crippen LogP contribution in [0, 0.1) is 10.1 Å². The van der Waals surface area contributed by atoms with Gasteiger partial charge in [-0.3, -0.25) is 24.5 Å². The van der Waals surface area contributed by atoms with E-state index in [9.17, 15) is 24.5 Å². The second-order valence-corrected chi connectivity index (χ2v) is 4.78. The van der Waals surface area contributed by atoms with Crippen molar-refractivity contribution in [2.24, 2.45) is 0 Å². The molecule has 10 nitrogen and oxygen atoms in total. The zero-order chi connectivity index (χ0) is 18.3. The van der Waals surface area contributed by atoms with Crippen LogP contribution in [0.5, 0.6) is 0 Å². The van der Waals surface area contributed by atoms with Crippen LogP contribution < -0.4 is 10.2 Å². The van der Waals surface area contributed by atoms with Gasteiger partial charge < -0.3 is 20.1 Å². The van der Waals surface area contributed by atoms with Crippen molar-refractivity contribution in [3.05, 3.63) is 33.9 Å². The van der Waals surface area contributed by atoms with E-state index in [1.165, 1.54) is 31.2 Å². The number of hydrogen-bond acceptors (Lipinski definition) is 7. The van der Waals surface area contributed by atoms with Crippen molar-refractivity contribution < 1.29 is 29.2 Å². The molecule has 0 aromatic heterocycles. The van der Waals surface area contributed by atoms with Crippen molar-refractivity contribution in [3.8, 4) is 0 Å². The highest BCUT2D eigenvalue weighted by atomic mass is 16.6. The Morgan fingerprint density at radius 1 is 1.38 bits per heavy atom. The highest BCUT2D eigenvalue weighted by Crippen LogP contribution is 2.28. The lowest BCUT2D eigenvalue weighted by Crippen LogP contribution is -2.30. The number of rotatable bonds is 8. The highest BCUT2D eigenvalue weighted by Gasteiger charge is 2.20. The molecule has 0 aliphatic heterocycles. The molecule has 0 aliphatic carbocycles. The number of aliphatic carboxylic acids is 1. The van der Waals surface area contributed by atoms with Gasteiger partial charge in [-0.1, -0.05) is 0 Å². The molecule has 0 atom stereocenters. The molecule has 0 fully saturated rings. The summed E-state index contributed by atoms with van der Waals surface area (Å²) in [5, 5.41) is 22.2. The number of nitro benzene ring substituents is 1. The first-order valence-electron chi connectivity index (χ1n) is 6.82. The molecule has 0 saturated heterocycles. The van der Waals surface area contributed by atoms with Crippen LogP contribution in [0.25, 0.3) is 0 Å². The third kappa shape index (κ3) is 5.23. The Hall–Kier alpha value is -3.17. The predicted molar refractivity (Wildman–Crippen MR) is 83.0 cm³/mol. The van der Waals surface area contributed by atoms with Gasteiger partial charge in [0.2, 0.25) is 0 Å². The summed E-state index contributed by atoms with van der Waals surface area (Å²) in [5.74, 6) is -2.34. The zero-order valence-electron chi connectivity index (χ0n) is 13.1. The van der Waals surface area contributed by atoms with Crippen LogP contribution in [-0.2, 0) is 14.3 Å². The van der Waals surface area contributed by atoms with Crippen LogP contribution in [0.2, 0.25) is 0 Å². The summed E-state index contributed by atoms with van der Waals surface area (Å²) in [7, 11) is 2.68. The van der Waals surface area contributed by atoms with Crippen LogP contribution in [0.15, 0.2) is 18.2 Å². The molecule has 0 saturated carbocycles. The molecule has 1 rings (SSSR count). The van der Waals surface area contributed by atoms with Gasteiger partial charge in [0, 0.05) is 25.2 Å². The van der Waals surface area contributed by atoms with Crippen LogP contribution in [0.1, 0.15) is 16.8 Å². The molecular weight excluding hydrogens is 322 g/mol. The normalized spacial score (nSPS) is 9.92. The number of amides is 1. The number of nitro groups is 1. The van der Waals surface area contributed by atoms with Gasteiger partial charge in [0.25, 0.3) is 11.6 Å². The second kappa shape index (κ2) is 8.46. The molecule has 0 bridgehead atoms. The van der Waals surface area contributed by atoms with Gasteiger partial charge in [-0.05, 0) is 12.1 Å². The van der Waals surface area contributed by atoms with Gasteiger partial charge in [0.1, 0.15) is 12.2 Å². The summed E-state index contributed by atoms with van der Waals surface area (Å²) in [6.45, 7) is -0.284. The fourth-order valence-electron chi connectivity index (χ4n) is 1.84. The Morgan fingerprint density at radius 2 is 2.04 bits per heavy atom. The predicted octanol–water partition coefficient (Wildman–Crippen LogP) is 0.409. The van der Waals surface area contributed by atoms with Gasteiger partial charge in [0.05, 0.1) is 18.5 Å². The number of nitrogens with zero attached hydrogens (tertiary/aromatic N) is 2. The first kappa shape index (κ1) is 18.9. The fourth-order valence-corrected chi connectivity index (χ4v) is 1.84. The van der Waals surface area contributed by atoms with Crippen molar-refractivity contribution in [1.29, 1.82) is 0 Å². The maximum atomic E-state index is 11.9. The molecular formula is C14H17N3O7. The summed E-state index contributed by atoms with van der Waals surface area (Å²) < 4.78 is 4.38. The minimum Gasteiger partial charge on any atom is -0.481 e. The molecule has 0 spiro atoms. The van der Waals surface area contributed by atoms with Gasteiger partial charge in [-0.15, -0.1) is 0 Å². The van der Waals surface area contributed by atoms with E-state index < -0.39 is 22.8 Å². The largest absolute Gasteiger partial charge is 0.481 e. The molecule has 10 heteroatoms. The third-order valence-corrected chi connectivity index (χ3v) is 3.13. The zero-order valence-corrected chi connectivity index (χ0v) is 13.1. The lowest BCUT2D eigenvalue weighted by Gasteiger charge is -2.18. The number of methoxy groups -OCH3 is 1. The van der Waals surface area contributed by atoms with Crippen molar-refractivity contribution in [2.45, 2.75) is 6.42 Å². The van der Waals surface area contributed by atoms with Gasteiger partial charge in [-0.2, -0.15) is 0 Å². The molecule has 130 valence electrons. The molecule has 0 radical (unpaired) electrons. The number of esters is 1. The third-order valence-electron chi connectivity index (χ3n) is 3.13. The average molecular weight is 339 g/mol. The molecule has 1 aromatic rings. The monoisotopic (exact) mass is 339 g/mol. The Morgan fingerprint density at radius 3 is 2.58 bits per heavy atom. The minimum absolute atomic E-state index is 0.000914. The van der Waals surface area contributed by atoms with E-state index in [0.29, 0.717) is 0 Å². The summed E-state index contributed by atoms with van der Waals surface area (Å²) in [4.78, 5) is 45.5. The van der Waals surface area contributed by atoms with E-state index in [1.54, 1.807) is 0 Å². The van der Waals surface area contributed by atoms with E-state index >= 15 is 0 Å². The number of carboxylic acid groups (broad SMARTS) is 1. The smallest absolute Gasteiger partial charge is 0.325 e. The molecule has 2 N–H and O–H groups in total. The van der Waals surface area contributed by atoms with E-state index in [4.69, 9.17) is 5.11 Å². The van der Waals surface area contributed by atoms with E-state index in [-0.39, 0.29) is 36.4 Å². The van der Waals surface area contributed by atoms with Crippen LogP contribution in [0.4, 0.5) is 11.4 Å². The molecule has 1 aromatic carbocycles. The summed E-state index contributed by atoms with van der Waals surface area (Å²) in [5.41, 5.74) is -0.152. The van der Waals surface area contributed by atoms with Crippen LogP contribution >= 0.6 is 0 Å². The molecule has 0 unspecified atom stereocenters. The van der Waals surface area contributed by atoms with E-state index in [0.717, 1.165) is 6.07 Å². The minimum atomic E-state index is -1.02. The SMILES string of the molecule is COC(=O)CNC(=O)c1ccc(N(C)CCC(=O)O)c([N+](=O)[O-])c1. The van der Waals surface area contributed by atoms with Crippen LogP contribution in [-0.4, -0.2) is 55.1 Å². The summed E-state index contributed by atoms with van der Waals surface area (Å²) in [6, 6.07) is 3.78. The number of carboxylic acids is 1. The number of benzene rings is 1. The van der Waals surface area contributed by atoms with Gasteiger partial charge in [0.15, 0.2) is 0 Å². The fraction of sp³-hybridized carbons (Fsp3) is 0.357. The summed E-state index contributed by atoms with van der Waals surface area (Å²) >= 11 is 0. The number of carbonyl (C=O) groups excluding carboxylic acids is 2. The molecule has 0 heterocycles. The Bertz CT molecular complexity index is 660. The highest BCUT2D eigenvalue weighted by molar-refractivity contribution is 5.97. The molecule has 0 aliphatic rings. The molecule has 1 amide bonds.